The molecule has 1 aromatic carbocycles. The van der Waals surface area contributed by atoms with E-state index in [1.54, 1.807) is 14.2 Å². The maximum Gasteiger partial charge on any atom is 0.161 e. The number of ether oxygens (including phenoxy) is 2. The Balaban J connectivity index is 2.67. The largest absolute Gasteiger partial charge is 0.493 e. The van der Waals surface area contributed by atoms with E-state index in [9.17, 15) is 4.79 Å². The third-order valence-corrected chi connectivity index (χ3v) is 2.62. The Bertz CT molecular complexity index is 480. The maximum atomic E-state index is 11.4. The fraction of sp³-hybridized carbons (Fsp3) is 0.429. The molecule has 0 N–H and O–H groups in total. The summed E-state index contributed by atoms with van der Waals surface area (Å²) >= 11 is 0. The van der Waals surface area contributed by atoms with Crippen molar-refractivity contribution in [3.63, 3.8) is 0 Å². The number of methoxy groups -OCH3 is 2. The molecule has 0 saturated carbocycles. The molecule has 0 aromatic heterocycles. The Labute approximate surface area is 113 Å². The molecule has 5 nitrogen and oxygen atoms in total. The number of nitriles is 1. The topological polar surface area (TPSA) is 62.6 Å². The Morgan fingerprint density at radius 3 is 2.58 bits per heavy atom. The van der Waals surface area contributed by atoms with E-state index in [2.05, 4.69) is 0 Å². The van der Waals surface area contributed by atoms with Crippen LogP contribution in [0.3, 0.4) is 0 Å². The number of Topliss-reactive ketones (excluding diaryl/α,β-unsaturated/α-hetero) is 1. The molecule has 0 heterocycles. The van der Waals surface area contributed by atoms with E-state index < -0.39 is 0 Å². The van der Waals surface area contributed by atoms with Gasteiger partial charge in [-0.15, -0.1) is 0 Å². The molecule has 0 spiro atoms. The highest BCUT2D eigenvalue weighted by molar-refractivity contribution is 5.82. The van der Waals surface area contributed by atoms with Crippen LogP contribution in [-0.2, 0) is 11.3 Å². The molecule has 0 saturated heterocycles. The highest BCUT2D eigenvalue weighted by Crippen LogP contribution is 2.27. The van der Waals surface area contributed by atoms with Crippen LogP contribution < -0.4 is 9.47 Å². The molecule has 102 valence electrons. The van der Waals surface area contributed by atoms with E-state index in [-0.39, 0.29) is 18.7 Å². The summed E-state index contributed by atoms with van der Waals surface area (Å²) in [7, 11) is 5.01. The van der Waals surface area contributed by atoms with Gasteiger partial charge in [-0.05, 0) is 24.7 Å². The number of likely N-dealkylation sites (N-methyl/N-ethyl adjacent to an activating group) is 1. The normalized spacial score (nSPS) is 10.1. The first-order valence-corrected chi connectivity index (χ1v) is 5.88. The number of benzene rings is 1. The van der Waals surface area contributed by atoms with Crippen LogP contribution in [0.2, 0.25) is 0 Å². The van der Waals surface area contributed by atoms with Crippen molar-refractivity contribution in [2.75, 3.05) is 27.8 Å². The average Bonchev–Trinajstić information content (AvgIpc) is 2.38. The van der Waals surface area contributed by atoms with Gasteiger partial charge in [0.05, 0.1) is 33.3 Å². The molecule has 0 aliphatic rings. The quantitative estimate of drug-likeness (QED) is 0.747. The minimum atomic E-state index is -0.0783. The summed E-state index contributed by atoms with van der Waals surface area (Å²) in [5.74, 6) is 1.26. The molecule has 1 aromatic rings. The molecular weight excluding hydrogens is 244 g/mol. The van der Waals surface area contributed by atoms with E-state index in [4.69, 9.17) is 14.7 Å². The molecule has 0 fully saturated rings. The van der Waals surface area contributed by atoms with Gasteiger partial charge >= 0.3 is 0 Å². The first kappa shape index (κ1) is 15.0. The predicted molar refractivity (Wildman–Crippen MR) is 71.1 cm³/mol. The molecule has 0 bridgehead atoms. The van der Waals surface area contributed by atoms with Crippen molar-refractivity contribution in [3.8, 4) is 17.6 Å². The summed E-state index contributed by atoms with van der Waals surface area (Å²) in [4.78, 5) is 13.2. The lowest BCUT2D eigenvalue weighted by molar-refractivity contribution is -0.119. The minimum absolute atomic E-state index is 0.0454. The molecule has 5 heteroatoms. The zero-order chi connectivity index (χ0) is 14.3. The third-order valence-electron chi connectivity index (χ3n) is 2.62. The van der Waals surface area contributed by atoms with Crippen LogP contribution in [0.1, 0.15) is 12.0 Å². The van der Waals surface area contributed by atoms with Crippen molar-refractivity contribution in [1.29, 1.82) is 5.26 Å². The summed E-state index contributed by atoms with van der Waals surface area (Å²) in [6.45, 7) is 0.874. The van der Waals surface area contributed by atoms with Gasteiger partial charge in [0.15, 0.2) is 17.3 Å². The summed E-state index contributed by atoms with van der Waals surface area (Å²) < 4.78 is 10.4. The lowest BCUT2D eigenvalue weighted by atomic mass is 10.2. The third kappa shape index (κ3) is 4.60. The number of hydrogen-bond acceptors (Lipinski definition) is 5. The molecule has 19 heavy (non-hydrogen) atoms. The average molecular weight is 262 g/mol. The summed E-state index contributed by atoms with van der Waals surface area (Å²) in [5.41, 5.74) is 1.02. The Morgan fingerprint density at radius 1 is 1.32 bits per heavy atom. The van der Waals surface area contributed by atoms with Crippen LogP contribution in [0, 0.1) is 11.3 Å². The lowest BCUT2D eigenvalue weighted by Crippen LogP contribution is -2.25. The van der Waals surface area contributed by atoms with Gasteiger partial charge in [0, 0.05) is 6.54 Å². The Morgan fingerprint density at radius 2 is 2.00 bits per heavy atom. The number of rotatable bonds is 7. The van der Waals surface area contributed by atoms with Gasteiger partial charge in [0.1, 0.15) is 0 Å². The molecule has 0 unspecified atom stereocenters. The summed E-state index contributed by atoms with van der Waals surface area (Å²) in [6.07, 6.45) is -0.0454. The number of ketones is 1. The maximum absolute atomic E-state index is 11.4. The van der Waals surface area contributed by atoms with E-state index in [0.717, 1.165) is 5.56 Å². The monoisotopic (exact) mass is 262 g/mol. The number of carbonyl (C=O) groups excluding carboxylic acids is 1. The standard InChI is InChI=1S/C14H18N2O3/c1-16(10-12(17)6-7-15)9-11-4-5-13(18-2)14(8-11)19-3/h4-5,8H,6,9-10H2,1-3H3. The predicted octanol–water partition coefficient (Wildman–Crippen LogP) is 1.62. The van der Waals surface area contributed by atoms with Crippen LogP contribution in [-0.4, -0.2) is 38.5 Å². The molecule has 0 aliphatic carbocycles. The van der Waals surface area contributed by atoms with Crippen molar-refractivity contribution in [1.82, 2.24) is 4.90 Å². The van der Waals surface area contributed by atoms with Gasteiger partial charge in [-0.25, -0.2) is 0 Å². The second-order valence-corrected chi connectivity index (χ2v) is 4.24. The van der Waals surface area contributed by atoms with Gasteiger partial charge in [-0.1, -0.05) is 6.07 Å². The molecule has 0 atom stereocenters. The molecule has 0 aliphatic heterocycles. The van der Waals surface area contributed by atoms with Crippen LogP contribution in [0.5, 0.6) is 11.5 Å². The van der Waals surface area contributed by atoms with E-state index in [1.807, 2.05) is 36.2 Å². The molecular formula is C14H18N2O3. The SMILES string of the molecule is COc1ccc(CN(C)CC(=O)CC#N)cc1OC. The number of nitrogens with zero attached hydrogens (tertiary/aromatic N) is 2. The van der Waals surface area contributed by atoms with Gasteiger partial charge < -0.3 is 9.47 Å². The zero-order valence-electron chi connectivity index (χ0n) is 11.5. The Hall–Kier alpha value is -2.06. The second kappa shape index (κ2) is 7.39. The number of hydrogen-bond donors (Lipinski definition) is 0. The van der Waals surface area contributed by atoms with Crippen LogP contribution in [0.15, 0.2) is 18.2 Å². The highest BCUT2D eigenvalue weighted by atomic mass is 16.5. The van der Waals surface area contributed by atoms with Crippen molar-refractivity contribution in [2.45, 2.75) is 13.0 Å². The summed E-state index contributed by atoms with van der Waals surface area (Å²) in [5, 5.41) is 8.45. The number of carbonyl (C=O) groups is 1. The van der Waals surface area contributed by atoms with E-state index in [0.29, 0.717) is 18.0 Å². The smallest absolute Gasteiger partial charge is 0.161 e. The highest BCUT2D eigenvalue weighted by Gasteiger charge is 2.09. The van der Waals surface area contributed by atoms with E-state index >= 15 is 0 Å². The fourth-order valence-corrected chi connectivity index (χ4v) is 1.79. The zero-order valence-corrected chi connectivity index (χ0v) is 11.5. The Kier molecular flexibility index (Phi) is 5.83. The molecule has 0 radical (unpaired) electrons. The second-order valence-electron chi connectivity index (χ2n) is 4.24. The van der Waals surface area contributed by atoms with Gasteiger partial charge in [0.25, 0.3) is 0 Å². The first-order valence-electron chi connectivity index (χ1n) is 5.88. The van der Waals surface area contributed by atoms with Crippen LogP contribution in [0.4, 0.5) is 0 Å². The van der Waals surface area contributed by atoms with Crippen LogP contribution in [0.25, 0.3) is 0 Å². The van der Waals surface area contributed by atoms with Crippen LogP contribution >= 0.6 is 0 Å². The van der Waals surface area contributed by atoms with Crippen molar-refractivity contribution < 1.29 is 14.3 Å². The molecule has 0 amide bonds. The first-order chi connectivity index (χ1) is 9.10. The fourth-order valence-electron chi connectivity index (χ4n) is 1.79. The van der Waals surface area contributed by atoms with Crippen molar-refractivity contribution >= 4 is 5.78 Å². The van der Waals surface area contributed by atoms with Gasteiger partial charge in [-0.2, -0.15) is 5.26 Å². The van der Waals surface area contributed by atoms with Gasteiger partial charge in [0.2, 0.25) is 0 Å². The minimum Gasteiger partial charge on any atom is -0.493 e. The van der Waals surface area contributed by atoms with Gasteiger partial charge in [-0.3, -0.25) is 9.69 Å². The summed E-state index contributed by atoms with van der Waals surface area (Å²) in [6, 6.07) is 7.49. The lowest BCUT2D eigenvalue weighted by Gasteiger charge is -2.16. The van der Waals surface area contributed by atoms with E-state index in [1.165, 1.54) is 0 Å². The van der Waals surface area contributed by atoms with Crippen molar-refractivity contribution in [3.05, 3.63) is 23.8 Å². The molecule has 1 rings (SSSR count). The van der Waals surface area contributed by atoms with Crippen molar-refractivity contribution in [2.24, 2.45) is 0 Å².